The van der Waals surface area contributed by atoms with Gasteiger partial charge in [0.15, 0.2) is 0 Å². The summed E-state index contributed by atoms with van der Waals surface area (Å²) in [4.78, 5) is 15.5. The molecule has 0 saturated carbocycles. The fourth-order valence-electron chi connectivity index (χ4n) is 2.26. The summed E-state index contributed by atoms with van der Waals surface area (Å²) in [6.45, 7) is 32.5. The molecule has 0 rings (SSSR count). The quantitative estimate of drug-likeness (QED) is 0.188. The molecule has 0 aromatic carbocycles. The molecular formula is C24H50N4O2Ru. The Kier molecular flexibility index (Phi) is 25.6. The Hall–Kier alpha value is -0.197. The topological polar surface area (TPSA) is 90.5 Å². The third-order valence-corrected chi connectivity index (χ3v) is 4.73. The van der Waals surface area contributed by atoms with Crippen LogP contribution in [0.5, 0.6) is 0 Å². The van der Waals surface area contributed by atoms with E-state index in [0.717, 1.165) is 12.8 Å². The van der Waals surface area contributed by atoms with Gasteiger partial charge in [-0.1, -0.05) is 107 Å². The molecule has 0 N–H and O–H groups in total. The van der Waals surface area contributed by atoms with Crippen molar-refractivity contribution in [2.24, 2.45) is 10.8 Å². The van der Waals surface area contributed by atoms with Crippen molar-refractivity contribution >= 4 is 13.6 Å². The van der Waals surface area contributed by atoms with Crippen molar-refractivity contribution in [3.8, 4) is 0 Å². The van der Waals surface area contributed by atoms with Gasteiger partial charge in [-0.2, -0.15) is 14.1 Å². The van der Waals surface area contributed by atoms with Crippen molar-refractivity contribution in [3.05, 3.63) is 21.3 Å². The fourth-order valence-corrected chi connectivity index (χ4v) is 2.26. The Bertz CT molecular complexity index is 367. The molecule has 31 heavy (non-hydrogen) atoms. The van der Waals surface area contributed by atoms with Gasteiger partial charge in [0, 0.05) is 0 Å². The van der Waals surface area contributed by atoms with E-state index in [1.807, 2.05) is 14.1 Å². The Balaban J connectivity index is -0.000000122. The van der Waals surface area contributed by atoms with Gasteiger partial charge in [0.1, 0.15) is 0 Å². The van der Waals surface area contributed by atoms with Crippen LogP contribution >= 0.6 is 0 Å². The molecule has 6 nitrogen and oxygen atoms in total. The van der Waals surface area contributed by atoms with Gasteiger partial charge < -0.3 is 30.9 Å². The first kappa shape index (κ1) is 41.1. The Morgan fingerprint density at radius 3 is 0.871 bits per heavy atom. The van der Waals surface area contributed by atoms with Gasteiger partial charge in [-0.3, -0.25) is 13.6 Å². The molecule has 0 amide bonds. The summed E-state index contributed by atoms with van der Waals surface area (Å²) in [5, 5.41) is 18.1. The van der Waals surface area contributed by atoms with Crippen molar-refractivity contribution in [3.63, 3.8) is 0 Å². The molecule has 0 aliphatic carbocycles. The number of nitrogens with zero attached hydrogens (tertiary/aromatic N) is 4. The van der Waals surface area contributed by atoms with Gasteiger partial charge in [-0.25, -0.2) is 12.3 Å². The third kappa shape index (κ3) is 22.8. The van der Waals surface area contributed by atoms with Crippen LogP contribution in [0.1, 0.15) is 95.9 Å². The van der Waals surface area contributed by atoms with Gasteiger partial charge in [0.05, 0.1) is 0 Å². The second-order valence-electron chi connectivity index (χ2n) is 10.5. The molecule has 0 aromatic rings. The molecule has 0 radical (unpaired) electrons. The van der Waals surface area contributed by atoms with Crippen LogP contribution in [0.2, 0.25) is 0 Å². The van der Waals surface area contributed by atoms with E-state index in [-0.39, 0.29) is 53.7 Å². The average molecular weight is 528 g/mol. The van der Waals surface area contributed by atoms with Crippen LogP contribution in [0.25, 0.3) is 21.3 Å². The van der Waals surface area contributed by atoms with Gasteiger partial charge >= 0.3 is 19.5 Å². The molecule has 186 valence electrons. The maximum Gasteiger partial charge on any atom is 6.00 e. The summed E-state index contributed by atoms with van der Waals surface area (Å²) < 4.78 is 0. The van der Waals surface area contributed by atoms with E-state index in [2.05, 4.69) is 107 Å². The van der Waals surface area contributed by atoms with E-state index in [0.29, 0.717) is 0 Å². The van der Waals surface area contributed by atoms with Crippen LogP contribution in [0.4, 0.5) is 0 Å². The van der Waals surface area contributed by atoms with Gasteiger partial charge in [0.25, 0.3) is 0 Å². The van der Waals surface area contributed by atoms with Crippen molar-refractivity contribution in [1.29, 1.82) is 0 Å². The minimum Gasteiger partial charge on any atom is -0.680 e. The van der Waals surface area contributed by atoms with Gasteiger partial charge in [0.2, 0.25) is 0 Å². The summed E-state index contributed by atoms with van der Waals surface area (Å²) in [6, 6.07) is 0. The molecule has 7 heteroatoms. The Labute approximate surface area is 208 Å². The first-order valence-corrected chi connectivity index (χ1v) is 10.5. The third-order valence-electron chi connectivity index (χ3n) is 4.73. The second-order valence-corrected chi connectivity index (χ2v) is 10.5. The molecule has 0 aromatic heterocycles. The molecule has 2 atom stereocenters. The minimum absolute atomic E-state index is 0. The molecule has 0 bridgehead atoms. The van der Waals surface area contributed by atoms with E-state index in [4.69, 9.17) is 20.2 Å². The van der Waals surface area contributed by atoms with Gasteiger partial charge in [-0.05, 0) is 0 Å². The predicted octanol–water partition coefficient (Wildman–Crippen LogP) is 7.30. The Morgan fingerprint density at radius 1 is 0.581 bits per heavy atom. The van der Waals surface area contributed by atoms with Crippen molar-refractivity contribution in [2.75, 3.05) is 14.1 Å². The first-order chi connectivity index (χ1) is 13.5. The first-order valence-electron chi connectivity index (χ1n) is 10.5. The van der Waals surface area contributed by atoms with Crippen LogP contribution in [0.3, 0.4) is 0 Å². The van der Waals surface area contributed by atoms with Crippen LogP contribution < -0.4 is 0 Å². The number of rotatable bonds is 8. The molecule has 0 aliphatic heterocycles. The minimum atomic E-state index is 0. The average Bonchev–Trinajstić information content (AvgIpc) is 2.66. The van der Waals surface area contributed by atoms with Crippen LogP contribution in [-0.2, 0) is 29.1 Å². The summed E-state index contributed by atoms with van der Waals surface area (Å²) in [7, 11) is 3.72. The van der Waals surface area contributed by atoms with E-state index < -0.39 is 0 Å². The molecule has 2 unspecified atom stereocenters. The van der Waals surface area contributed by atoms with Crippen LogP contribution in [0.15, 0.2) is 0 Å². The zero-order valence-corrected chi connectivity index (χ0v) is 24.4. The van der Waals surface area contributed by atoms with Crippen molar-refractivity contribution < 1.29 is 29.1 Å². The summed E-state index contributed by atoms with van der Waals surface area (Å²) in [6.07, 6.45) is 2.46. The zero-order chi connectivity index (χ0) is 25.4. The predicted molar refractivity (Wildman–Crippen MR) is 134 cm³/mol. The maximum absolute atomic E-state index is 7.75. The normalized spacial score (nSPS) is 13.6. The molecule has 0 fully saturated rings. The number of hydrogen-bond donors (Lipinski definition) is 0. The standard InChI is InChI=1S/2C11H24N2.2CHO.Ru/c2*1-8-11(5,6)9(12-7)13-10(2,3)4;2*1-2;/h2*9H,8H2,1-7H3;2*1H;/q2*-2;2*-1;+6. The van der Waals surface area contributed by atoms with E-state index in [1.165, 1.54) is 0 Å². The maximum atomic E-state index is 7.75. The van der Waals surface area contributed by atoms with Crippen molar-refractivity contribution in [1.82, 2.24) is 0 Å². The second kappa shape index (κ2) is 19.3. The van der Waals surface area contributed by atoms with Crippen LogP contribution in [-0.4, -0.2) is 51.1 Å². The summed E-state index contributed by atoms with van der Waals surface area (Å²) in [5.74, 6) is 0. The largest absolute Gasteiger partial charge is 6.00 e. The molecule has 0 heterocycles. The summed E-state index contributed by atoms with van der Waals surface area (Å²) in [5.41, 5.74) is 0.386. The van der Waals surface area contributed by atoms with E-state index in [1.54, 1.807) is 0 Å². The molecule has 0 spiro atoms. The number of hydrogen-bond acceptors (Lipinski definition) is 2. The zero-order valence-electron chi connectivity index (χ0n) is 22.7. The smallest absolute Gasteiger partial charge is 0.680 e. The Morgan fingerprint density at radius 2 is 0.774 bits per heavy atom. The van der Waals surface area contributed by atoms with Crippen LogP contribution in [0, 0.1) is 10.8 Å². The monoisotopic (exact) mass is 528 g/mol. The van der Waals surface area contributed by atoms with E-state index >= 15 is 0 Å². The molecule has 0 saturated heterocycles. The number of carbonyl (C=O) groups excluding carboxylic acids is 2. The molecular weight excluding hydrogens is 477 g/mol. The fraction of sp³-hybridized carbons (Fsp3) is 0.917. The van der Waals surface area contributed by atoms with E-state index in [9.17, 15) is 0 Å². The van der Waals surface area contributed by atoms with Gasteiger partial charge in [-0.15, -0.1) is 11.1 Å². The summed E-state index contributed by atoms with van der Waals surface area (Å²) >= 11 is 0. The SMILES string of the molecule is CCC(C)(C)C([N-]C)[N-]C(C)(C)C.CCC(C)(C)C([N-]C)[N-]C(C)(C)C.[CH-]=O.[CH-]=O.[Ru+6]. The molecule has 0 aliphatic rings. The van der Waals surface area contributed by atoms with Crippen molar-refractivity contribution in [2.45, 2.75) is 119 Å².